The first-order valence-corrected chi connectivity index (χ1v) is 3.79. The molecule has 0 amide bonds. The summed E-state index contributed by atoms with van der Waals surface area (Å²) in [5.74, 6) is -1.82. The molecule has 11 heavy (non-hydrogen) atoms. The normalized spacial score (nSPS) is 15.1. The van der Waals surface area contributed by atoms with Crippen molar-refractivity contribution in [1.82, 2.24) is 0 Å². The van der Waals surface area contributed by atoms with E-state index in [1.807, 2.05) is 0 Å². The van der Waals surface area contributed by atoms with E-state index in [1.165, 1.54) is 0 Å². The zero-order valence-electron chi connectivity index (χ0n) is 5.38. The van der Waals surface area contributed by atoms with E-state index in [9.17, 15) is 21.1 Å². The minimum absolute atomic E-state index is 0.400. The molecule has 0 aromatic carbocycles. The summed E-state index contributed by atoms with van der Waals surface area (Å²) in [6.07, 6.45) is 0.400. The van der Waals surface area contributed by atoms with Crippen molar-refractivity contribution in [3.05, 3.63) is 11.8 Å². The lowest BCUT2D eigenvalue weighted by atomic mass is 10.5. The van der Waals surface area contributed by atoms with Gasteiger partial charge in [-0.05, 0) is 13.0 Å². The monoisotopic (exact) mass is 190 g/mol. The lowest BCUT2D eigenvalue weighted by Crippen LogP contribution is -2.27. The predicted molar refractivity (Wildman–Crippen MR) is 31.4 cm³/mol. The topological polar surface area (TPSA) is 54.4 Å². The van der Waals surface area contributed by atoms with E-state index >= 15 is 0 Å². The standard InChI is InChI=1S/C4H5F3O3S/c1-2-3(8)4(5,6)11(7,9)10/h2,8H,1H3. The summed E-state index contributed by atoms with van der Waals surface area (Å²) >= 11 is 0. The number of aliphatic hydroxyl groups excluding tert-OH is 1. The van der Waals surface area contributed by atoms with E-state index in [1.54, 1.807) is 0 Å². The van der Waals surface area contributed by atoms with E-state index in [2.05, 4.69) is 0 Å². The third kappa shape index (κ3) is 1.86. The summed E-state index contributed by atoms with van der Waals surface area (Å²) in [6.45, 7) is 0.953. The molecule has 0 aromatic heterocycles. The Labute approximate surface area is 61.4 Å². The summed E-state index contributed by atoms with van der Waals surface area (Å²) in [5.41, 5.74) is 0. The number of allylic oxidation sites excluding steroid dienone is 1. The molecule has 0 spiro atoms. The van der Waals surface area contributed by atoms with Crippen LogP contribution in [0, 0.1) is 0 Å². The van der Waals surface area contributed by atoms with Gasteiger partial charge in [0.05, 0.1) is 0 Å². The molecular formula is C4H5F3O3S. The second-order valence-corrected chi connectivity index (χ2v) is 3.02. The lowest BCUT2D eigenvalue weighted by molar-refractivity contribution is 0.0756. The van der Waals surface area contributed by atoms with Gasteiger partial charge in [0.2, 0.25) is 0 Å². The highest BCUT2D eigenvalue weighted by Gasteiger charge is 2.49. The Balaban J connectivity index is 5.07. The van der Waals surface area contributed by atoms with E-state index in [-0.39, 0.29) is 0 Å². The number of hydrogen-bond acceptors (Lipinski definition) is 3. The molecule has 0 rings (SSSR count). The van der Waals surface area contributed by atoms with Gasteiger partial charge in [-0.25, -0.2) is 0 Å². The molecule has 7 heteroatoms. The molecule has 0 bridgehead atoms. The highest BCUT2D eigenvalue weighted by atomic mass is 32.3. The average Bonchev–Trinajstić information content (AvgIpc) is 1.83. The van der Waals surface area contributed by atoms with Gasteiger partial charge < -0.3 is 5.11 Å². The minimum Gasteiger partial charge on any atom is -0.506 e. The van der Waals surface area contributed by atoms with Crippen LogP contribution >= 0.6 is 0 Å². The van der Waals surface area contributed by atoms with Crippen molar-refractivity contribution >= 4 is 10.2 Å². The molecule has 0 aliphatic rings. The van der Waals surface area contributed by atoms with Crippen LogP contribution in [0.4, 0.5) is 12.7 Å². The van der Waals surface area contributed by atoms with E-state index in [4.69, 9.17) is 5.11 Å². The minimum atomic E-state index is -6.07. The second kappa shape index (κ2) is 2.72. The molecule has 0 saturated carbocycles. The van der Waals surface area contributed by atoms with Gasteiger partial charge in [-0.15, -0.1) is 0 Å². The van der Waals surface area contributed by atoms with Crippen molar-refractivity contribution in [2.75, 3.05) is 0 Å². The van der Waals surface area contributed by atoms with Crippen LogP contribution in [0.3, 0.4) is 0 Å². The lowest BCUT2D eigenvalue weighted by Gasteiger charge is -2.08. The fraction of sp³-hybridized carbons (Fsp3) is 0.500. The molecular weight excluding hydrogens is 185 g/mol. The highest BCUT2D eigenvalue weighted by Crippen LogP contribution is 2.29. The summed E-state index contributed by atoms with van der Waals surface area (Å²) < 4.78 is 55.0. The molecule has 0 fully saturated rings. The maximum atomic E-state index is 12.0. The largest absolute Gasteiger partial charge is 0.506 e. The first kappa shape index (κ1) is 10.3. The zero-order valence-corrected chi connectivity index (χ0v) is 6.20. The first-order valence-electron chi connectivity index (χ1n) is 2.41. The third-order valence-electron chi connectivity index (χ3n) is 0.878. The van der Waals surface area contributed by atoms with Gasteiger partial charge in [0.1, 0.15) is 0 Å². The second-order valence-electron chi connectivity index (χ2n) is 1.63. The van der Waals surface area contributed by atoms with Crippen LogP contribution in [-0.4, -0.2) is 18.8 Å². The van der Waals surface area contributed by atoms with Crippen molar-refractivity contribution in [2.45, 2.75) is 12.2 Å². The molecule has 0 aromatic rings. The number of rotatable bonds is 2. The summed E-state index contributed by atoms with van der Waals surface area (Å²) in [5, 5.41) is 3.38. The molecule has 0 unspecified atom stereocenters. The van der Waals surface area contributed by atoms with Crippen molar-refractivity contribution in [1.29, 1.82) is 0 Å². The molecule has 1 N–H and O–H groups in total. The smallest absolute Gasteiger partial charge is 0.429 e. The molecule has 3 nitrogen and oxygen atoms in total. The third-order valence-corrected chi connectivity index (χ3v) is 1.70. The molecule has 66 valence electrons. The van der Waals surface area contributed by atoms with Crippen LogP contribution in [0.2, 0.25) is 0 Å². The molecule has 0 radical (unpaired) electrons. The van der Waals surface area contributed by atoms with Crippen LogP contribution in [0.15, 0.2) is 11.8 Å². The molecule has 0 heterocycles. The average molecular weight is 190 g/mol. The number of halogens is 3. The van der Waals surface area contributed by atoms with Gasteiger partial charge in [0.25, 0.3) is 0 Å². The fourth-order valence-corrected chi connectivity index (χ4v) is 0.661. The van der Waals surface area contributed by atoms with Gasteiger partial charge in [0.15, 0.2) is 5.76 Å². The maximum absolute atomic E-state index is 12.0. The molecule has 0 aliphatic heterocycles. The zero-order chi connectivity index (χ0) is 9.28. The van der Waals surface area contributed by atoms with Crippen molar-refractivity contribution < 1.29 is 26.2 Å². The molecule has 0 aliphatic carbocycles. The Morgan fingerprint density at radius 1 is 1.55 bits per heavy atom. The van der Waals surface area contributed by atoms with E-state index in [0.29, 0.717) is 6.08 Å². The number of aliphatic hydroxyl groups is 1. The first-order chi connectivity index (χ1) is 4.73. The van der Waals surface area contributed by atoms with Crippen LogP contribution in [-0.2, 0) is 10.2 Å². The summed E-state index contributed by atoms with van der Waals surface area (Å²) in [4.78, 5) is 0. The summed E-state index contributed by atoms with van der Waals surface area (Å²) in [6, 6.07) is 0. The highest BCUT2D eigenvalue weighted by molar-refractivity contribution is 7.87. The van der Waals surface area contributed by atoms with Crippen molar-refractivity contribution in [3.8, 4) is 0 Å². The Kier molecular flexibility index (Phi) is 2.55. The van der Waals surface area contributed by atoms with Gasteiger partial charge in [-0.1, -0.05) is 3.89 Å². The Hall–Kier alpha value is -0.720. The van der Waals surface area contributed by atoms with E-state index in [0.717, 1.165) is 6.92 Å². The Morgan fingerprint density at radius 2 is 1.91 bits per heavy atom. The Bertz CT molecular complexity index is 266. The Morgan fingerprint density at radius 3 is 2.00 bits per heavy atom. The quantitative estimate of drug-likeness (QED) is 0.528. The summed E-state index contributed by atoms with van der Waals surface area (Å²) in [7, 11) is -6.07. The van der Waals surface area contributed by atoms with Crippen LogP contribution in [0.25, 0.3) is 0 Å². The maximum Gasteiger partial charge on any atom is 0.429 e. The number of hydrogen-bond donors (Lipinski definition) is 1. The fourth-order valence-electron chi connectivity index (χ4n) is 0.293. The predicted octanol–water partition coefficient (Wildman–Crippen LogP) is 1.34. The van der Waals surface area contributed by atoms with Crippen LogP contribution in [0.1, 0.15) is 6.92 Å². The van der Waals surface area contributed by atoms with Gasteiger partial charge >= 0.3 is 15.5 Å². The molecule has 0 saturated heterocycles. The van der Waals surface area contributed by atoms with Crippen molar-refractivity contribution in [2.24, 2.45) is 0 Å². The van der Waals surface area contributed by atoms with Gasteiger partial charge in [-0.2, -0.15) is 17.2 Å². The van der Waals surface area contributed by atoms with Crippen LogP contribution < -0.4 is 0 Å². The van der Waals surface area contributed by atoms with Crippen LogP contribution in [0.5, 0.6) is 0 Å². The van der Waals surface area contributed by atoms with Gasteiger partial charge in [0, 0.05) is 0 Å². The van der Waals surface area contributed by atoms with E-state index < -0.39 is 21.2 Å². The van der Waals surface area contributed by atoms with Crippen molar-refractivity contribution in [3.63, 3.8) is 0 Å². The number of alkyl halides is 2. The van der Waals surface area contributed by atoms with Gasteiger partial charge in [-0.3, -0.25) is 0 Å². The SMILES string of the molecule is CC=C(O)C(F)(F)S(=O)(=O)F. The molecule has 0 atom stereocenters.